The van der Waals surface area contributed by atoms with Crippen LogP contribution in [0, 0.1) is 0 Å². The van der Waals surface area contributed by atoms with Gasteiger partial charge in [-0.05, 0) is 56.4 Å². The van der Waals surface area contributed by atoms with Crippen LogP contribution in [0.2, 0.25) is 0 Å². The predicted octanol–water partition coefficient (Wildman–Crippen LogP) is 1.98. The van der Waals surface area contributed by atoms with Crippen molar-refractivity contribution in [2.75, 3.05) is 0 Å². The second-order valence-corrected chi connectivity index (χ2v) is 5.41. The van der Waals surface area contributed by atoms with E-state index in [2.05, 4.69) is 28.5 Å². The first-order chi connectivity index (χ1) is 8.54. The van der Waals surface area contributed by atoms with Crippen molar-refractivity contribution >= 4 is 0 Å². The first kappa shape index (κ1) is 11.4. The molecule has 4 heteroatoms. The van der Waals surface area contributed by atoms with Gasteiger partial charge in [0.1, 0.15) is 11.3 Å². The Bertz CT molecular complexity index is 581. The predicted molar refractivity (Wildman–Crippen MR) is 68.6 cm³/mol. The highest BCUT2D eigenvalue weighted by molar-refractivity contribution is 5.42. The minimum atomic E-state index is -0.949. The summed E-state index contributed by atoms with van der Waals surface area (Å²) < 4.78 is 1.73. The summed E-state index contributed by atoms with van der Waals surface area (Å²) in [4.78, 5) is 0. The van der Waals surface area contributed by atoms with Gasteiger partial charge in [-0.3, -0.25) is 0 Å². The van der Waals surface area contributed by atoms with Gasteiger partial charge in [-0.1, -0.05) is 11.3 Å². The lowest BCUT2D eigenvalue weighted by Crippen LogP contribution is -2.15. The molecule has 1 aromatic carbocycles. The zero-order valence-corrected chi connectivity index (χ0v) is 10.7. The number of hydrogen-bond acceptors (Lipinski definition) is 3. The minimum absolute atomic E-state index is 0.586. The molecule has 0 unspecified atom stereocenters. The van der Waals surface area contributed by atoms with Crippen molar-refractivity contribution < 1.29 is 5.11 Å². The number of fused-ring (bicyclic) bond motifs is 1. The van der Waals surface area contributed by atoms with Crippen molar-refractivity contribution in [3.63, 3.8) is 0 Å². The summed E-state index contributed by atoms with van der Waals surface area (Å²) in [5.74, 6) is 0. The van der Waals surface area contributed by atoms with E-state index in [0.29, 0.717) is 5.69 Å². The molecular formula is C14H17N3O. The maximum atomic E-state index is 9.89. The third-order valence-corrected chi connectivity index (χ3v) is 3.47. The Balaban J connectivity index is 1.98. The summed E-state index contributed by atoms with van der Waals surface area (Å²) in [6.45, 7) is 3.42. The number of nitrogens with zero attached hydrogens (tertiary/aromatic N) is 3. The smallest absolute Gasteiger partial charge is 0.114 e. The average molecular weight is 243 g/mol. The molecule has 0 aliphatic heterocycles. The average Bonchev–Trinajstić information content (AvgIpc) is 2.96. The van der Waals surface area contributed by atoms with E-state index >= 15 is 0 Å². The van der Waals surface area contributed by atoms with Gasteiger partial charge in [0, 0.05) is 0 Å². The molecule has 3 rings (SSSR count). The second kappa shape index (κ2) is 3.92. The molecule has 0 spiro atoms. The summed E-state index contributed by atoms with van der Waals surface area (Å²) in [6.07, 6.45) is 5.36. The van der Waals surface area contributed by atoms with Gasteiger partial charge in [0.05, 0.1) is 11.9 Å². The van der Waals surface area contributed by atoms with Crippen molar-refractivity contribution in [3.8, 4) is 5.69 Å². The van der Waals surface area contributed by atoms with E-state index in [1.54, 1.807) is 24.7 Å². The molecule has 0 atom stereocenters. The van der Waals surface area contributed by atoms with Gasteiger partial charge < -0.3 is 5.11 Å². The highest BCUT2D eigenvalue weighted by atomic mass is 16.3. The lowest BCUT2D eigenvalue weighted by atomic mass is 10.1. The van der Waals surface area contributed by atoms with Crippen molar-refractivity contribution in [1.29, 1.82) is 0 Å². The van der Waals surface area contributed by atoms with Gasteiger partial charge in [-0.2, -0.15) is 0 Å². The fourth-order valence-corrected chi connectivity index (χ4v) is 2.37. The number of hydrogen-bond donors (Lipinski definition) is 1. The maximum absolute atomic E-state index is 9.89. The molecule has 94 valence electrons. The Labute approximate surface area is 106 Å². The number of aromatic nitrogens is 3. The number of aryl methyl sites for hydroxylation is 2. The molecule has 0 bridgehead atoms. The van der Waals surface area contributed by atoms with Crippen LogP contribution in [0.4, 0.5) is 0 Å². The van der Waals surface area contributed by atoms with Crippen LogP contribution < -0.4 is 0 Å². The Morgan fingerprint density at radius 3 is 2.72 bits per heavy atom. The third-order valence-electron chi connectivity index (χ3n) is 3.47. The number of rotatable bonds is 2. The minimum Gasteiger partial charge on any atom is -0.384 e. The molecule has 2 aromatic rings. The molecule has 1 N–H and O–H groups in total. The monoisotopic (exact) mass is 243 g/mol. The molecule has 1 aliphatic rings. The quantitative estimate of drug-likeness (QED) is 0.877. The van der Waals surface area contributed by atoms with E-state index < -0.39 is 5.60 Å². The molecule has 0 fully saturated rings. The molecule has 18 heavy (non-hydrogen) atoms. The van der Waals surface area contributed by atoms with Crippen LogP contribution in [0.3, 0.4) is 0 Å². The fourth-order valence-electron chi connectivity index (χ4n) is 2.37. The largest absolute Gasteiger partial charge is 0.384 e. The molecule has 1 aromatic heterocycles. The van der Waals surface area contributed by atoms with E-state index in [1.165, 1.54) is 24.0 Å². The van der Waals surface area contributed by atoms with Crippen LogP contribution in [0.25, 0.3) is 5.69 Å². The van der Waals surface area contributed by atoms with E-state index in [9.17, 15) is 5.11 Å². The van der Waals surface area contributed by atoms with Crippen LogP contribution in [0.5, 0.6) is 0 Å². The SMILES string of the molecule is CC(C)(O)c1cn(-c2ccc3c(c2)CCC3)nn1. The molecule has 1 aliphatic carbocycles. The van der Waals surface area contributed by atoms with Crippen LogP contribution >= 0.6 is 0 Å². The zero-order chi connectivity index (χ0) is 12.8. The van der Waals surface area contributed by atoms with Crippen LogP contribution in [0.15, 0.2) is 24.4 Å². The summed E-state index contributed by atoms with van der Waals surface area (Å²) in [5, 5.41) is 18.0. The molecule has 0 saturated heterocycles. The molecular weight excluding hydrogens is 226 g/mol. The van der Waals surface area contributed by atoms with Gasteiger partial charge in [-0.15, -0.1) is 5.10 Å². The molecule has 0 radical (unpaired) electrons. The van der Waals surface area contributed by atoms with Crippen molar-refractivity contribution in [1.82, 2.24) is 15.0 Å². The van der Waals surface area contributed by atoms with E-state index in [4.69, 9.17) is 0 Å². The van der Waals surface area contributed by atoms with Gasteiger partial charge in [-0.25, -0.2) is 4.68 Å². The first-order valence-electron chi connectivity index (χ1n) is 6.31. The van der Waals surface area contributed by atoms with E-state index in [-0.39, 0.29) is 0 Å². The third kappa shape index (κ3) is 1.93. The summed E-state index contributed by atoms with van der Waals surface area (Å²) in [5.41, 5.74) is 3.51. The fraction of sp³-hybridized carbons (Fsp3) is 0.429. The van der Waals surface area contributed by atoms with Gasteiger partial charge in [0.25, 0.3) is 0 Å². The molecule has 0 saturated carbocycles. The lowest BCUT2D eigenvalue weighted by Gasteiger charge is -2.11. The van der Waals surface area contributed by atoms with E-state index in [1.807, 2.05) is 0 Å². The van der Waals surface area contributed by atoms with Gasteiger partial charge in [0.15, 0.2) is 0 Å². The lowest BCUT2D eigenvalue weighted by molar-refractivity contribution is 0.0737. The van der Waals surface area contributed by atoms with Crippen molar-refractivity contribution in [3.05, 3.63) is 41.2 Å². The van der Waals surface area contributed by atoms with Crippen LogP contribution in [-0.2, 0) is 18.4 Å². The second-order valence-electron chi connectivity index (χ2n) is 5.41. The Morgan fingerprint density at radius 1 is 1.22 bits per heavy atom. The van der Waals surface area contributed by atoms with Crippen LogP contribution in [-0.4, -0.2) is 20.1 Å². The zero-order valence-electron chi connectivity index (χ0n) is 10.7. The van der Waals surface area contributed by atoms with Gasteiger partial charge in [0.2, 0.25) is 0 Å². The Kier molecular flexibility index (Phi) is 2.48. The summed E-state index contributed by atoms with van der Waals surface area (Å²) in [7, 11) is 0. The first-order valence-corrected chi connectivity index (χ1v) is 6.31. The highest BCUT2D eigenvalue weighted by Crippen LogP contribution is 2.24. The standard InChI is InChI=1S/C14H17N3O/c1-14(2,18)13-9-17(16-15-13)12-7-6-10-4-3-5-11(10)8-12/h6-9,18H,3-5H2,1-2H3. The van der Waals surface area contributed by atoms with E-state index in [0.717, 1.165) is 12.1 Å². The number of benzene rings is 1. The highest BCUT2D eigenvalue weighted by Gasteiger charge is 2.20. The van der Waals surface area contributed by atoms with Gasteiger partial charge >= 0.3 is 0 Å². The Morgan fingerprint density at radius 2 is 2.00 bits per heavy atom. The summed E-state index contributed by atoms with van der Waals surface area (Å²) >= 11 is 0. The number of aliphatic hydroxyl groups is 1. The normalized spacial score (nSPS) is 14.8. The van der Waals surface area contributed by atoms with Crippen molar-refractivity contribution in [2.24, 2.45) is 0 Å². The molecule has 0 amide bonds. The van der Waals surface area contributed by atoms with Crippen LogP contribution in [0.1, 0.15) is 37.1 Å². The maximum Gasteiger partial charge on any atom is 0.114 e. The molecule has 1 heterocycles. The van der Waals surface area contributed by atoms with Crippen molar-refractivity contribution in [2.45, 2.75) is 38.7 Å². The molecule has 4 nitrogen and oxygen atoms in total. The Hall–Kier alpha value is -1.68. The summed E-state index contributed by atoms with van der Waals surface area (Å²) in [6, 6.07) is 6.40. The topological polar surface area (TPSA) is 50.9 Å².